The molecule has 2 heteroatoms. The maximum absolute atomic E-state index is 5.91. The van der Waals surface area contributed by atoms with E-state index in [1.807, 2.05) is 18.7 Å². The van der Waals surface area contributed by atoms with Crippen LogP contribution in [0.4, 0.5) is 0 Å². The third kappa shape index (κ3) is 3.35. The van der Waals surface area contributed by atoms with Gasteiger partial charge in [-0.2, -0.15) is 0 Å². The first kappa shape index (κ1) is 11.6. The first-order valence-corrected chi connectivity index (χ1v) is 6.21. The van der Waals surface area contributed by atoms with Gasteiger partial charge in [-0.15, -0.1) is 11.8 Å². The molecule has 0 saturated heterocycles. The Hall–Kier alpha value is -0.470. The van der Waals surface area contributed by atoms with E-state index in [1.54, 1.807) is 0 Å². The second kappa shape index (κ2) is 6.10. The molecule has 14 heavy (non-hydrogen) atoms. The fourth-order valence-electron chi connectivity index (χ4n) is 1.31. The molecule has 0 aliphatic carbocycles. The van der Waals surface area contributed by atoms with Crippen molar-refractivity contribution >= 4 is 11.8 Å². The Morgan fingerprint density at radius 3 is 2.71 bits per heavy atom. The van der Waals surface area contributed by atoms with Crippen LogP contribution >= 0.6 is 11.8 Å². The molecule has 0 bridgehead atoms. The number of hydrogen-bond acceptors (Lipinski definition) is 2. The largest absolute Gasteiger partial charge is 0.324 e. The zero-order valence-electron chi connectivity index (χ0n) is 8.99. The molecule has 0 amide bonds. The van der Waals surface area contributed by atoms with Gasteiger partial charge in [-0.05, 0) is 30.7 Å². The van der Waals surface area contributed by atoms with Gasteiger partial charge in [-0.1, -0.05) is 31.5 Å². The topological polar surface area (TPSA) is 26.0 Å². The molecule has 0 aliphatic heterocycles. The number of unbranched alkanes of at least 4 members (excludes halogenated alkanes) is 1. The summed E-state index contributed by atoms with van der Waals surface area (Å²) in [6.45, 7) is 4.26. The van der Waals surface area contributed by atoms with Crippen molar-refractivity contribution in [2.24, 2.45) is 5.73 Å². The summed E-state index contributed by atoms with van der Waals surface area (Å²) >= 11 is 1.92. The van der Waals surface area contributed by atoms with Crippen molar-refractivity contribution in [1.29, 1.82) is 0 Å². The molecule has 1 nitrogen and oxygen atoms in total. The van der Waals surface area contributed by atoms with E-state index in [2.05, 4.69) is 31.2 Å². The summed E-state index contributed by atoms with van der Waals surface area (Å²) in [7, 11) is 0. The van der Waals surface area contributed by atoms with E-state index < -0.39 is 0 Å². The van der Waals surface area contributed by atoms with Gasteiger partial charge in [0, 0.05) is 10.9 Å². The van der Waals surface area contributed by atoms with Crippen molar-refractivity contribution in [2.75, 3.05) is 5.75 Å². The zero-order valence-corrected chi connectivity index (χ0v) is 9.81. The second-order valence-corrected chi connectivity index (χ2v) is 4.67. The van der Waals surface area contributed by atoms with E-state index in [0.29, 0.717) is 0 Å². The van der Waals surface area contributed by atoms with Gasteiger partial charge in [-0.25, -0.2) is 0 Å². The molecule has 1 rings (SSSR count). The summed E-state index contributed by atoms with van der Waals surface area (Å²) in [6, 6.07) is 8.57. The van der Waals surface area contributed by atoms with Gasteiger partial charge in [0.15, 0.2) is 0 Å². The van der Waals surface area contributed by atoms with E-state index in [9.17, 15) is 0 Å². The molecule has 1 atom stereocenters. The van der Waals surface area contributed by atoms with Crippen LogP contribution in [0, 0.1) is 0 Å². The summed E-state index contributed by atoms with van der Waals surface area (Å²) < 4.78 is 0. The van der Waals surface area contributed by atoms with Crippen LogP contribution in [0.15, 0.2) is 29.2 Å². The number of hydrogen-bond donors (Lipinski definition) is 1. The minimum atomic E-state index is 0.139. The van der Waals surface area contributed by atoms with Crippen molar-refractivity contribution in [3.8, 4) is 0 Å². The lowest BCUT2D eigenvalue weighted by atomic mass is 10.1. The molecule has 0 aliphatic rings. The Labute approximate surface area is 91.1 Å². The Balaban J connectivity index is 2.64. The van der Waals surface area contributed by atoms with Gasteiger partial charge in [0.1, 0.15) is 0 Å². The van der Waals surface area contributed by atoms with Crippen LogP contribution in [0.1, 0.15) is 38.3 Å². The molecular weight excluding hydrogens is 190 g/mol. The monoisotopic (exact) mass is 209 g/mol. The van der Waals surface area contributed by atoms with Crippen LogP contribution < -0.4 is 5.73 Å². The van der Waals surface area contributed by atoms with Crippen molar-refractivity contribution < 1.29 is 0 Å². The van der Waals surface area contributed by atoms with E-state index in [4.69, 9.17) is 5.73 Å². The van der Waals surface area contributed by atoms with Crippen LogP contribution in [0.5, 0.6) is 0 Å². The van der Waals surface area contributed by atoms with Crippen LogP contribution in [0.25, 0.3) is 0 Å². The van der Waals surface area contributed by atoms with Gasteiger partial charge >= 0.3 is 0 Å². The van der Waals surface area contributed by atoms with Crippen molar-refractivity contribution in [1.82, 2.24) is 0 Å². The zero-order chi connectivity index (χ0) is 10.4. The summed E-state index contributed by atoms with van der Waals surface area (Å²) in [5.41, 5.74) is 7.18. The molecule has 0 heterocycles. The summed E-state index contributed by atoms with van der Waals surface area (Å²) in [4.78, 5) is 1.34. The average molecular weight is 209 g/mol. The lowest BCUT2D eigenvalue weighted by Crippen LogP contribution is -2.06. The standard InChI is InChI=1S/C12H19NS/c1-3-4-9-14-12-8-6-5-7-11(12)10(2)13/h5-8,10H,3-4,9,13H2,1-2H3/t10-/m1/s1. The minimum absolute atomic E-state index is 0.139. The molecule has 78 valence electrons. The van der Waals surface area contributed by atoms with Crippen molar-refractivity contribution in [3.63, 3.8) is 0 Å². The Bertz CT molecular complexity index is 271. The third-order valence-corrected chi connectivity index (χ3v) is 3.34. The fourth-order valence-corrected chi connectivity index (χ4v) is 2.56. The average Bonchev–Trinajstić information content (AvgIpc) is 2.19. The highest BCUT2D eigenvalue weighted by Crippen LogP contribution is 2.26. The number of benzene rings is 1. The van der Waals surface area contributed by atoms with Gasteiger partial charge in [-0.3, -0.25) is 0 Å². The third-order valence-electron chi connectivity index (χ3n) is 2.17. The minimum Gasteiger partial charge on any atom is -0.324 e. The van der Waals surface area contributed by atoms with Crippen LogP contribution in [0.2, 0.25) is 0 Å². The molecule has 0 fully saturated rings. The molecule has 0 spiro atoms. The predicted molar refractivity (Wildman–Crippen MR) is 64.7 cm³/mol. The van der Waals surface area contributed by atoms with Crippen LogP contribution in [-0.4, -0.2) is 5.75 Å². The van der Waals surface area contributed by atoms with Gasteiger partial charge in [0.25, 0.3) is 0 Å². The normalized spacial score (nSPS) is 12.8. The first-order valence-electron chi connectivity index (χ1n) is 5.23. The first-order chi connectivity index (χ1) is 6.75. The molecule has 2 N–H and O–H groups in total. The number of nitrogens with two attached hydrogens (primary N) is 1. The summed E-state index contributed by atoms with van der Waals surface area (Å²) in [6.07, 6.45) is 2.53. The van der Waals surface area contributed by atoms with Crippen LogP contribution in [-0.2, 0) is 0 Å². The number of rotatable bonds is 5. The van der Waals surface area contributed by atoms with E-state index in [-0.39, 0.29) is 6.04 Å². The summed E-state index contributed by atoms with van der Waals surface area (Å²) in [5, 5.41) is 0. The van der Waals surface area contributed by atoms with E-state index in [0.717, 1.165) is 0 Å². The summed E-state index contributed by atoms with van der Waals surface area (Å²) in [5.74, 6) is 1.19. The molecule has 0 radical (unpaired) electrons. The van der Waals surface area contributed by atoms with Crippen LogP contribution in [0.3, 0.4) is 0 Å². The SMILES string of the molecule is CCCCSc1ccccc1[C@@H](C)N. The second-order valence-electron chi connectivity index (χ2n) is 3.53. The fraction of sp³-hybridized carbons (Fsp3) is 0.500. The molecule has 0 unspecified atom stereocenters. The Morgan fingerprint density at radius 1 is 1.36 bits per heavy atom. The lowest BCUT2D eigenvalue weighted by molar-refractivity contribution is 0.797. The molecule has 0 saturated carbocycles. The van der Waals surface area contributed by atoms with Gasteiger partial charge < -0.3 is 5.73 Å². The highest BCUT2D eigenvalue weighted by molar-refractivity contribution is 7.99. The number of thioether (sulfide) groups is 1. The van der Waals surface area contributed by atoms with Crippen molar-refractivity contribution in [2.45, 2.75) is 37.6 Å². The quantitative estimate of drug-likeness (QED) is 0.592. The maximum atomic E-state index is 5.91. The lowest BCUT2D eigenvalue weighted by Gasteiger charge is -2.11. The maximum Gasteiger partial charge on any atom is 0.0277 e. The predicted octanol–water partition coefficient (Wildman–Crippen LogP) is 3.60. The Kier molecular flexibility index (Phi) is 5.05. The highest BCUT2D eigenvalue weighted by atomic mass is 32.2. The van der Waals surface area contributed by atoms with Gasteiger partial charge in [0.05, 0.1) is 0 Å². The molecule has 1 aromatic rings. The molecule has 0 aromatic heterocycles. The van der Waals surface area contributed by atoms with Gasteiger partial charge in [0.2, 0.25) is 0 Å². The Morgan fingerprint density at radius 2 is 2.07 bits per heavy atom. The van der Waals surface area contributed by atoms with E-state index in [1.165, 1.54) is 29.1 Å². The molecule has 1 aromatic carbocycles. The smallest absolute Gasteiger partial charge is 0.0277 e. The highest BCUT2D eigenvalue weighted by Gasteiger charge is 2.05. The van der Waals surface area contributed by atoms with Crippen molar-refractivity contribution in [3.05, 3.63) is 29.8 Å². The van der Waals surface area contributed by atoms with E-state index >= 15 is 0 Å². The molecular formula is C12H19NS.